The van der Waals surface area contributed by atoms with Crippen molar-refractivity contribution in [3.05, 3.63) is 47.4 Å². The SMILES string of the molecule is CN=C(Nc1nc(C(C)(O)c2ccccc2)n(CC2CCCCC2)c1C=N[C@H](C)C1CCC1)C(=N)NC(=O)O. The first kappa shape index (κ1) is 28.5. The number of imidazole rings is 1. The van der Waals surface area contributed by atoms with E-state index in [9.17, 15) is 9.90 Å². The summed E-state index contributed by atoms with van der Waals surface area (Å²) < 4.78 is 2.06. The van der Waals surface area contributed by atoms with E-state index in [1.54, 1.807) is 6.92 Å². The van der Waals surface area contributed by atoms with E-state index in [0.717, 1.165) is 12.8 Å². The highest BCUT2D eigenvalue weighted by Crippen LogP contribution is 2.35. The molecule has 0 spiro atoms. The molecule has 2 aliphatic carbocycles. The number of benzene rings is 1. The van der Waals surface area contributed by atoms with Crippen LogP contribution in [0.2, 0.25) is 0 Å². The molecule has 1 heterocycles. The van der Waals surface area contributed by atoms with Crippen LogP contribution in [0.3, 0.4) is 0 Å². The van der Waals surface area contributed by atoms with Gasteiger partial charge in [-0.15, -0.1) is 0 Å². The number of aliphatic imine (C=N–C) groups is 2. The van der Waals surface area contributed by atoms with Gasteiger partial charge < -0.3 is 20.1 Å². The van der Waals surface area contributed by atoms with Crippen LogP contribution in [0.25, 0.3) is 0 Å². The molecule has 0 bridgehead atoms. The average Bonchev–Trinajstić information content (AvgIpc) is 3.22. The number of nitrogens with zero attached hydrogens (tertiary/aromatic N) is 4. The van der Waals surface area contributed by atoms with Crippen molar-refractivity contribution in [3.63, 3.8) is 0 Å². The lowest BCUT2D eigenvalue weighted by Gasteiger charge is -2.29. The van der Waals surface area contributed by atoms with Crippen molar-refractivity contribution in [1.82, 2.24) is 14.9 Å². The fraction of sp³-hybridized carbons (Fsp3) is 0.552. The first-order chi connectivity index (χ1) is 18.7. The van der Waals surface area contributed by atoms with E-state index in [0.29, 0.717) is 41.3 Å². The molecule has 2 atom stereocenters. The summed E-state index contributed by atoms with van der Waals surface area (Å²) in [6.45, 7) is 4.55. The van der Waals surface area contributed by atoms with E-state index in [-0.39, 0.29) is 11.9 Å². The lowest BCUT2D eigenvalue weighted by molar-refractivity contribution is 0.0862. The maximum atomic E-state index is 11.9. The summed E-state index contributed by atoms with van der Waals surface area (Å²) >= 11 is 0. The van der Waals surface area contributed by atoms with Crippen LogP contribution in [0.15, 0.2) is 40.3 Å². The van der Waals surface area contributed by atoms with Gasteiger partial charge in [-0.3, -0.25) is 20.7 Å². The van der Waals surface area contributed by atoms with Gasteiger partial charge in [0.05, 0.1) is 6.04 Å². The van der Waals surface area contributed by atoms with Gasteiger partial charge in [0.15, 0.2) is 17.5 Å². The molecule has 2 fully saturated rings. The maximum Gasteiger partial charge on any atom is 0.410 e. The minimum atomic E-state index is -1.41. The van der Waals surface area contributed by atoms with Gasteiger partial charge >= 0.3 is 6.09 Å². The summed E-state index contributed by atoms with van der Waals surface area (Å²) in [4.78, 5) is 25.1. The number of nitrogens with one attached hydrogen (secondary N) is 3. The number of rotatable bonds is 8. The van der Waals surface area contributed by atoms with Crippen LogP contribution >= 0.6 is 0 Å². The van der Waals surface area contributed by atoms with E-state index in [1.807, 2.05) is 41.9 Å². The van der Waals surface area contributed by atoms with Crippen molar-refractivity contribution >= 4 is 29.8 Å². The van der Waals surface area contributed by atoms with Crippen molar-refractivity contribution in [1.29, 1.82) is 5.41 Å². The van der Waals surface area contributed by atoms with Gasteiger partial charge in [-0.05, 0) is 56.9 Å². The molecule has 0 radical (unpaired) electrons. The summed E-state index contributed by atoms with van der Waals surface area (Å²) in [6, 6.07) is 9.59. The molecule has 10 nitrogen and oxygen atoms in total. The van der Waals surface area contributed by atoms with Crippen LogP contribution in [0.5, 0.6) is 0 Å². The molecule has 2 aliphatic rings. The van der Waals surface area contributed by atoms with Crippen LogP contribution in [0, 0.1) is 17.2 Å². The van der Waals surface area contributed by atoms with Crippen LogP contribution in [-0.2, 0) is 12.1 Å². The molecular formula is C29H41N7O3. The highest BCUT2D eigenvalue weighted by Gasteiger charge is 2.35. The minimum absolute atomic E-state index is 0.0207. The van der Waals surface area contributed by atoms with Crippen molar-refractivity contribution < 1.29 is 15.0 Å². The largest absolute Gasteiger partial charge is 0.465 e. The summed E-state index contributed by atoms with van der Waals surface area (Å²) in [6.07, 6.45) is 9.87. The summed E-state index contributed by atoms with van der Waals surface area (Å²) in [5.74, 6) is 1.46. The Morgan fingerprint density at radius 3 is 2.49 bits per heavy atom. The second-order valence-corrected chi connectivity index (χ2v) is 10.9. The van der Waals surface area contributed by atoms with E-state index in [1.165, 1.54) is 45.6 Å². The zero-order valence-electron chi connectivity index (χ0n) is 23.2. The van der Waals surface area contributed by atoms with E-state index in [4.69, 9.17) is 20.5 Å². The number of carboxylic acid groups (broad SMARTS) is 1. The normalized spacial score (nSPS) is 19.3. The standard InChI is InChI=1S/C29H41N7O3/c1-19(21-13-10-14-21)32-17-23-25(34-26(31-3)24(30)33-28(37)38)35-27(29(2,39)22-15-8-5-9-16-22)36(23)18-20-11-6-4-7-12-20/h5,8-9,15-17,19-21,39H,4,6-7,10-14,18H2,1-3H3,(H2,30,33)(H,31,34)(H,37,38)/t19-,29?/m1/s1. The monoisotopic (exact) mass is 535 g/mol. The quantitative estimate of drug-likeness (QED) is 0.238. The molecule has 10 heteroatoms. The molecule has 1 unspecified atom stereocenters. The third-order valence-corrected chi connectivity index (χ3v) is 8.14. The molecule has 1 aromatic heterocycles. The smallest absolute Gasteiger partial charge is 0.410 e. The topological polar surface area (TPSA) is 148 Å². The minimum Gasteiger partial charge on any atom is -0.465 e. The van der Waals surface area contributed by atoms with Crippen LogP contribution in [0.1, 0.15) is 82.3 Å². The van der Waals surface area contributed by atoms with Gasteiger partial charge in [0, 0.05) is 19.8 Å². The molecule has 210 valence electrons. The van der Waals surface area contributed by atoms with Crippen LogP contribution < -0.4 is 10.6 Å². The second-order valence-electron chi connectivity index (χ2n) is 10.9. The predicted molar refractivity (Wildman–Crippen MR) is 154 cm³/mol. The Balaban J connectivity index is 1.82. The van der Waals surface area contributed by atoms with Gasteiger partial charge in [-0.25, -0.2) is 9.78 Å². The predicted octanol–water partition coefficient (Wildman–Crippen LogP) is 5.01. The Bertz CT molecular complexity index is 1210. The van der Waals surface area contributed by atoms with Crippen molar-refractivity contribution in [2.75, 3.05) is 12.4 Å². The first-order valence-corrected chi connectivity index (χ1v) is 14.0. The Hall–Kier alpha value is -3.53. The molecule has 0 saturated heterocycles. The Kier molecular flexibility index (Phi) is 9.16. The third kappa shape index (κ3) is 6.73. The van der Waals surface area contributed by atoms with Gasteiger partial charge in [0.1, 0.15) is 17.1 Å². The number of aromatic nitrogens is 2. The number of anilines is 1. The maximum absolute atomic E-state index is 11.9. The number of hydrogen-bond acceptors (Lipinski definition) is 6. The van der Waals surface area contributed by atoms with E-state index in [2.05, 4.69) is 21.8 Å². The first-order valence-electron chi connectivity index (χ1n) is 14.0. The molecule has 2 saturated carbocycles. The Labute approximate surface area is 230 Å². The van der Waals surface area contributed by atoms with Crippen LogP contribution in [0.4, 0.5) is 10.6 Å². The molecule has 1 aromatic carbocycles. The van der Waals surface area contributed by atoms with Gasteiger partial charge in [-0.1, -0.05) is 56.0 Å². The highest BCUT2D eigenvalue weighted by molar-refractivity contribution is 6.45. The summed E-state index contributed by atoms with van der Waals surface area (Å²) in [7, 11) is 1.48. The Morgan fingerprint density at radius 1 is 1.21 bits per heavy atom. The lowest BCUT2D eigenvalue weighted by Crippen LogP contribution is -2.38. The number of amides is 1. The molecule has 0 aliphatic heterocycles. The fourth-order valence-corrected chi connectivity index (χ4v) is 5.51. The average molecular weight is 536 g/mol. The zero-order valence-corrected chi connectivity index (χ0v) is 23.2. The fourth-order valence-electron chi connectivity index (χ4n) is 5.51. The second kappa shape index (κ2) is 12.5. The van der Waals surface area contributed by atoms with Crippen molar-refractivity contribution in [2.45, 2.75) is 83.4 Å². The van der Waals surface area contributed by atoms with E-state index >= 15 is 0 Å². The zero-order chi connectivity index (χ0) is 28.0. The molecule has 2 aromatic rings. The van der Waals surface area contributed by atoms with Crippen LogP contribution in [-0.4, -0.2) is 56.8 Å². The van der Waals surface area contributed by atoms with Crippen molar-refractivity contribution in [3.8, 4) is 0 Å². The number of aliphatic hydroxyl groups is 1. The number of hydrogen-bond donors (Lipinski definition) is 5. The number of carbonyl (C=O) groups is 1. The van der Waals surface area contributed by atoms with Gasteiger partial charge in [-0.2, -0.15) is 0 Å². The Morgan fingerprint density at radius 2 is 1.90 bits per heavy atom. The number of amidine groups is 2. The highest BCUT2D eigenvalue weighted by atomic mass is 16.4. The van der Waals surface area contributed by atoms with Gasteiger partial charge in [0.2, 0.25) is 0 Å². The molecule has 1 amide bonds. The van der Waals surface area contributed by atoms with Gasteiger partial charge in [0.25, 0.3) is 0 Å². The summed E-state index contributed by atoms with van der Waals surface area (Å²) in [5, 5.41) is 34.3. The lowest BCUT2D eigenvalue weighted by atomic mass is 9.81. The van der Waals surface area contributed by atoms with E-state index < -0.39 is 17.5 Å². The third-order valence-electron chi connectivity index (χ3n) is 8.14. The molecule has 5 N–H and O–H groups in total. The summed E-state index contributed by atoms with van der Waals surface area (Å²) in [5.41, 5.74) is -0.0151. The van der Waals surface area contributed by atoms with Crippen molar-refractivity contribution in [2.24, 2.45) is 21.8 Å². The molecule has 39 heavy (non-hydrogen) atoms. The molecular weight excluding hydrogens is 494 g/mol. The molecule has 4 rings (SSSR count).